The highest BCUT2D eigenvalue weighted by molar-refractivity contribution is 5.95. The molecule has 5 heteroatoms. The predicted molar refractivity (Wildman–Crippen MR) is 124 cm³/mol. The molecule has 1 amide bonds. The number of nitrogens with zero attached hydrogens (tertiary/aromatic N) is 3. The van der Waals surface area contributed by atoms with Gasteiger partial charge in [0.05, 0.1) is 18.8 Å². The van der Waals surface area contributed by atoms with Crippen molar-refractivity contribution in [2.75, 3.05) is 13.7 Å². The molecule has 1 saturated carbocycles. The Hall–Kier alpha value is -3.08. The van der Waals surface area contributed by atoms with Crippen LogP contribution in [0.15, 0.2) is 48.7 Å². The van der Waals surface area contributed by atoms with Crippen LogP contribution in [0, 0.1) is 5.92 Å². The topological polar surface area (TPSA) is 47.4 Å². The number of hydrogen-bond donors (Lipinski definition) is 0. The molecule has 1 aromatic heterocycles. The maximum absolute atomic E-state index is 13.7. The van der Waals surface area contributed by atoms with E-state index in [0.29, 0.717) is 11.5 Å². The van der Waals surface area contributed by atoms with Gasteiger partial charge in [-0.2, -0.15) is 0 Å². The molecule has 6 rings (SSSR count). The summed E-state index contributed by atoms with van der Waals surface area (Å²) in [6, 6.07) is 14.4. The molecule has 0 N–H and O–H groups in total. The zero-order valence-electron chi connectivity index (χ0n) is 18.6. The van der Waals surface area contributed by atoms with Gasteiger partial charge in [0.15, 0.2) is 0 Å². The predicted octanol–water partition coefficient (Wildman–Crippen LogP) is 5.04. The fourth-order valence-electron chi connectivity index (χ4n) is 5.31. The lowest BCUT2D eigenvalue weighted by Crippen LogP contribution is -2.35. The zero-order chi connectivity index (χ0) is 21.7. The Labute approximate surface area is 189 Å². The van der Waals surface area contributed by atoms with Gasteiger partial charge in [0.25, 0.3) is 5.91 Å². The van der Waals surface area contributed by atoms with Crippen LogP contribution in [0.25, 0.3) is 11.3 Å². The number of carbonyl (C=O) groups is 1. The van der Waals surface area contributed by atoms with E-state index < -0.39 is 0 Å². The molecule has 2 aliphatic carbocycles. The highest BCUT2D eigenvalue weighted by atomic mass is 16.5. The van der Waals surface area contributed by atoms with Gasteiger partial charge in [0.1, 0.15) is 11.6 Å². The summed E-state index contributed by atoms with van der Waals surface area (Å²) in [6.07, 6.45) is 8.91. The van der Waals surface area contributed by atoms with Gasteiger partial charge in [-0.25, -0.2) is 4.98 Å². The maximum atomic E-state index is 13.7. The minimum atomic E-state index is 0.111. The van der Waals surface area contributed by atoms with E-state index >= 15 is 0 Å². The van der Waals surface area contributed by atoms with Crippen LogP contribution in [0.3, 0.4) is 0 Å². The Morgan fingerprint density at radius 2 is 2.06 bits per heavy atom. The second-order valence-corrected chi connectivity index (χ2v) is 9.44. The summed E-state index contributed by atoms with van der Waals surface area (Å²) in [7, 11) is 1.64. The van der Waals surface area contributed by atoms with Crippen molar-refractivity contribution in [1.82, 2.24) is 14.5 Å². The van der Waals surface area contributed by atoms with Crippen molar-refractivity contribution in [1.29, 1.82) is 0 Å². The number of methoxy groups -OCH3 is 1. The minimum absolute atomic E-state index is 0.111. The van der Waals surface area contributed by atoms with Crippen LogP contribution in [0.1, 0.15) is 59.0 Å². The van der Waals surface area contributed by atoms with Crippen LogP contribution >= 0.6 is 0 Å². The molecule has 164 valence electrons. The molecule has 5 nitrogen and oxygen atoms in total. The molecule has 0 saturated heterocycles. The molecule has 2 heterocycles. The molecular weight excluding hydrogens is 398 g/mol. The average molecular weight is 428 g/mol. The number of aromatic nitrogens is 2. The first-order valence-electron chi connectivity index (χ1n) is 11.8. The van der Waals surface area contributed by atoms with Crippen molar-refractivity contribution < 1.29 is 9.53 Å². The normalized spacial score (nSPS) is 19.0. The summed E-state index contributed by atoms with van der Waals surface area (Å²) >= 11 is 0. The summed E-state index contributed by atoms with van der Waals surface area (Å²) in [5.41, 5.74) is 5.59. The molecule has 1 aliphatic heterocycles. The third kappa shape index (κ3) is 3.50. The van der Waals surface area contributed by atoms with Crippen LogP contribution in [0.4, 0.5) is 0 Å². The first kappa shape index (κ1) is 19.6. The molecular formula is C27H29N3O2. The van der Waals surface area contributed by atoms with E-state index in [1.807, 2.05) is 24.3 Å². The van der Waals surface area contributed by atoms with Crippen molar-refractivity contribution in [3.63, 3.8) is 0 Å². The van der Waals surface area contributed by atoms with Gasteiger partial charge in [-0.3, -0.25) is 4.79 Å². The minimum Gasteiger partial charge on any atom is -0.497 e. The van der Waals surface area contributed by atoms with Gasteiger partial charge in [-0.05, 0) is 73.4 Å². The smallest absolute Gasteiger partial charge is 0.254 e. The van der Waals surface area contributed by atoms with E-state index in [1.54, 1.807) is 7.11 Å². The second-order valence-electron chi connectivity index (χ2n) is 9.44. The number of ether oxygens (including phenoxy) is 1. The largest absolute Gasteiger partial charge is 0.497 e. The first-order valence-corrected chi connectivity index (χ1v) is 11.8. The molecule has 32 heavy (non-hydrogen) atoms. The lowest BCUT2D eigenvalue weighted by Gasteiger charge is -2.30. The Balaban J connectivity index is 1.34. The van der Waals surface area contributed by atoms with E-state index in [4.69, 9.17) is 9.72 Å². The van der Waals surface area contributed by atoms with Crippen LogP contribution in [-0.2, 0) is 19.4 Å². The lowest BCUT2D eigenvalue weighted by molar-refractivity contribution is 0.0664. The van der Waals surface area contributed by atoms with E-state index in [0.717, 1.165) is 49.4 Å². The van der Waals surface area contributed by atoms with E-state index in [2.05, 4.69) is 33.9 Å². The fourth-order valence-corrected chi connectivity index (χ4v) is 5.31. The van der Waals surface area contributed by atoms with E-state index in [-0.39, 0.29) is 11.9 Å². The van der Waals surface area contributed by atoms with Gasteiger partial charge < -0.3 is 14.2 Å². The summed E-state index contributed by atoms with van der Waals surface area (Å²) in [6.45, 7) is 1.91. The molecule has 3 aliphatic rings. The van der Waals surface area contributed by atoms with Gasteiger partial charge in [-0.1, -0.05) is 18.2 Å². The van der Waals surface area contributed by atoms with Crippen molar-refractivity contribution >= 4 is 5.91 Å². The standard InChI is InChI=1S/C27H29N3O2/c1-32-22-5-2-4-21(14-22)27(31)30(16-18-7-8-18)25-12-11-19-9-10-20(15-23(19)25)24-17-29-13-3-6-26(29)28-24/h2,4-5,9-10,14-15,17-18,25H,3,6-8,11-13,16H2,1H3. The van der Waals surface area contributed by atoms with Crippen LogP contribution in [0.2, 0.25) is 0 Å². The monoisotopic (exact) mass is 427 g/mol. The van der Waals surface area contributed by atoms with Crippen molar-refractivity contribution in [2.24, 2.45) is 5.92 Å². The van der Waals surface area contributed by atoms with Gasteiger partial charge >= 0.3 is 0 Å². The summed E-state index contributed by atoms with van der Waals surface area (Å²) in [5.74, 6) is 2.66. The van der Waals surface area contributed by atoms with Gasteiger partial charge in [0.2, 0.25) is 0 Å². The van der Waals surface area contributed by atoms with Gasteiger partial charge in [-0.15, -0.1) is 0 Å². The Kier molecular flexibility index (Phi) is 4.78. The number of rotatable bonds is 6. The van der Waals surface area contributed by atoms with Crippen molar-refractivity contribution in [3.8, 4) is 17.0 Å². The van der Waals surface area contributed by atoms with Crippen molar-refractivity contribution in [3.05, 3.63) is 71.2 Å². The number of aryl methyl sites for hydroxylation is 3. The number of benzene rings is 2. The highest BCUT2D eigenvalue weighted by Gasteiger charge is 2.36. The lowest BCUT2D eigenvalue weighted by atomic mass is 10.0. The SMILES string of the molecule is COc1cccc(C(=O)N(CC2CC2)C2CCc3ccc(-c4cn5c(n4)CCC5)cc32)c1. The van der Waals surface area contributed by atoms with Crippen LogP contribution < -0.4 is 4.74 Å². The summed E-state index contributed by atoms with van der Waals surface area (Å²) in [5, 5.41) is 0. The van der Waals surface area contributed by atoms with Gasteiger partial charge in [0, 0.05) is 36.8 Å². The second kappa shape index (κ2) is 7.80. The Bertz CT molecular complexity index is 1160. The molecule has 2 aromatic carbocycles. The number of carbonyl (C=O) groups excluding carboxylic acids is 1. The molecule has 0 radical (unpaired) electrons. The van der Waals surface area contributed by atoms with E-state index in [9.17, 15) is 4.79 Å². The van der Waals surface area contributed by atoms with Crippen LogP contribution in [0.5, 0.6) is 5.75 Å². The molecule has 1 fully saturated rings. The zero-order valence-corrected chi connectivity index (χ0v) is 18.6. The first-order chi connectivity index (χ1) is 15.7. The number of imidazole rings is 1. The number of fused-ring (bicyclic) bond motifs is 2. The molecule has 3 aromatic rings. The average Bonchev–Trinajstić information content (AvgIpc) is 3.19. The molecule has 1 atom stereocenters. The third-order valence-corrected chi connectivity index (χ3v) is 7.25. The quantitative estimate of drug-likeness (QED) is 0.553. The highest BCUT2D eigenvalue weighted by Crippen LogP contribution is 2.41. The van der Waals surface area contributed by atoms with Crippen molar-refractivity contribution in [2.45, 2.75) is 51.1 Å². The molecule has 0 spiro atoms. The Morgan fingerprint density at radius 3 is 2.88 bits per heavy atom. The number of hydrogen-bond acceptors (Lipinski definition) is 3. The summed E-state index contributed by atoms with van der Waals surface area (Å²) < 4.78 is 7.65. The number of amides is 1. The van der Waals surface area contributed by atoms with Crippen LogP contribution in [-0.4, -0.2) is 34.0 Å². The fraction of sp³-hybridized carbons (Fsp3) is 0.407. The maximum Gasteiger partial charge on any atom is 0.254 e. The third-order valence-electron chi connectivity index (χ3n) is 7.25. The summed E-state index contributed by atoms with van der Waals surface area (Å²) in [4.78, 5) is 20.7. The Morgan fingerprint density at radius 1 is 1.16 bits per heavy atom. The molecule has 1 unspecified atom stereocenters. The molecule has 0 bridgehead atoms. The van der Waals surface area contributed by atoms with E-state index in [1.165, 1.54) is 36.2 Å².